The Morgan fingerprint density at radius 1 is 1.29 bits per heavy atom. The Morgan fingerprint density at radius 3 is 2.71 bits per heavy atom. The van der Waals surface area contributed by atoms with Crippen molar-refractivity contribution < 1.29 is 4.79 Å². The summed E-state index contributed by atoms with van der Waals surface area (Å²) in [6.07, 6.45) is 3.42. The van der Waals surface area contributed by atoms with E-state index in [0.29, 0.717) is 27.8 Å². The lowest BCUT2D eigenvalue weighted by molar-refractivity contribution is 0.0934. The van der Waals surface area contributed by atoms with E-state index >= 15 is 0 Å². The molecule has 0 bridgehead atoms. The van der Waals surface area contributed by atoms with E-state index in [2.05, 4.69) is 23.8 Å². The summed E-state index contributed by atoms with van der Waals surface area (Å²) >= 11 is 5.27. The Bertz CT molecular complexity index is 1120. The Balaban J connectivity index is 1.93. The van der Waals surface area contributed by atoms with E-state index in [1.165, 1.54) is 4.57 Å². The van der Waals surface area contributed by atoms with Crippen molar-refractivity contribution >= 4 is 29.0 Å². The highest BCUT2D eigenvalue weighted by atomic mass is 32.1. The van der Waals surface area contributed by atoms with Crippen LogP contribution in [0.1, 0.15) is 41.7 Å². The molecular weight excluding hydrogens is 370 g/mol. The quantitative estimate of drug-likeness (QED) is 0.458. The fourth-order valence-electron chi connectivity index (χ4n) is 3.23. The van der Waals surface area contributed by atoms with Gasteiger partial charge in [-0.2, -0.15) is 0 Å². The number of benzene rings is 2. The van der Waals surface area contributed by atoms with Crippen molar-refractivity contribution in [1.82, 2.24) is 14.9 Å². The number of amides is 1. The van der Waals surface area contributed by atoms with E-state index in [-0.39, 0.29) is 17.5 Å². The van der Waals surface area contributed by atoms with Gasteiger partial charge in [-0.3, -0.25) is 14.2 Å². The minimum atomic E-state index is -0.196. The molecule has 1 aromatic heterocycles. The zero-order valence-corrected chi connectivity index (χ0v) is 16.6. The zero-order chi connectivity index (χ0) is 20.1. The number of allylic oxidation sites excluding steroid dienone is 1. The number of nitrogens with zero attached hydrogens (tertiary/aromatic N) is 1. The van der Waals surface area contributed by atoms with Crippen molar-refractivity contribution in [3.05, 3.63) is 87.4 Å². The van der Waals surface area contributed by atoms with Gasteiger partial charge in [0.2, 0.25) is 0 Å². The first-order valence-corrected chi connectivity index (χ1v) is 9.69. The monoisotopic (exact) mass is 393 g/mol. The molecule has 0 spiro atoms. The smallest absolute Gasteiger partial charge is 0.262 e. The molecule has 6 heteroatoms. The van der Waals surface area contributed by atoms with Gasteiger partial charge >= 0.3 is 0 Å². The lowest BCUT2D eigenvalue weighted by Crippen LogP contribution is -2.28. The first kappa shape index (κ1) is 19.8. The van der Waals surface area contributed by atoms with Gasteiger partial charge in [-0.1, -0.05) is 49.8 Å². The molecule has 2 N–H and O–H groups in total. The van der Waals surface area contributed by atoms with Crippen LogP contribution in [0, 0.1) is 4.77 Å². The first-order chi connectivity index (χ1) is 13.5. The molecule has 2 aromatic carbocycles. The minimum Gasteiger partial charge on any atom is -0.345 e. The van der Waals surface area contributed by atoms with Gasteiger partial charge in [-0.15, -0.1) is 6.58 Å². The first-order valence-electron chi connectivity index (χ1n) is 9.28. The predicted octanol–water partition coefficient (Wildman–Crippen LogP) is 4.52. The molecular formula is C22H23N3O2S. The van der Waals surface area contributed by atoms with Crippen LogP contribution in [0.4, 0.5) is 0 Å². The molecule has 1 heterocycles. The Labute approximate surface area is 168 Å². The summed E-state index contributed by atoms with van der Waals surface area (Å²) in [6, 6.07) is 14.9. The molecule has 0 radical (unpaired) electrons. The maximum absolute atomic E-state index is 12.8. The van der Waals surface area contributed by atoms with Crippen molar-refractivity contribution in [2.24, 2.45) is 0 Å². The molecule has 0 saturated heterocycles. The molecule has 0 fully saturated rings. The molecule has 1 atom stereocenters. The SMILES string of the molecule is C=CCn1c(=S)[nH]c2cc(C(=O)NC(CCC)c3ccccc3)ccc2c1=O. The number of hydrogen-bond donors (Lipinski definition) is 2. The number of H-pyrrole nitrogens is 1. The van der Waals surface area contributed by atoms with Gasteiger partial charge < -0.3 is 10.3 Å². The van der Waals surface area contributed by atoms with Crippen LogP contribution < -0.4 is 10.9 Å². The summed E-state index contributed by atoms with van der Waals surface area (Å²) in [4.78, 5) is 28.5. The highest BCUT2D eigenvalue weighted by molar-refractivity contribution is 7.71. The van der Waals surface area contributed by atoms with Crippen LogP contribution in [0.2, 0.25) is 0 Å². The lowest BCUT2D eigenvalue weighted by Gasteiger charge is -2.19. The maximum atomic E-state index is 12.8. The highest BCUT2D eigenvalue weighted by Crippen LogP contribution is 2.19. The molecule has 0 aliphatic rings. The normalized spacial score (nSPS) is 11.9. The fraction of sp³-hybridized carbons (Fsp3) is 0.227. The molecule has 3 rings (SSSR count). The fourth-order valence-corrected chi connectivity index (χ4v) is 3.50. The van der Waals surface area contributed by atoms with Crippen LogP contribution in [0.3, 0.4) is 0 Å². The third-order valence-corrected chi connectivity index (χ3v) is 4.96. The average Bonchev–Trinajstić information content (AvgIpc) is 2.71. The molecule has 0 aliphatic carbocycles. The molecule has 0 aliphatic heterocycles. The van der Waals surface area contributed by atoms with Gasteiger partial charge in [-0.25, -0.2) is 0 Å². The second-order valence-electron chi connectivity index (χ2n) is 6.62. The highest BCUT2D eigenvalue weighted by Gasteiger charge is 2.16. The molecule has 0 saturated carbocycles. The van der Waals surface area contributed by atoms with Gasteiger partial charge in [-0.05, 0) is 42.4 Å². The third kappa shape index (κ3) is 4.12. The van der Waals surface area contributed by atoms with E-state index in [1.807, 2.05) is 30.3 Å². The van der Waals surface area contributed by atoms with Gasteiger partial charge in [0.15, 0.2) is 4.77 Å². The number of fused-ring (bicyclic) bond motifs is 1. The second kappa shape index (κ2) is 8.80. The van der Waals surface area contributed by atoms with E-state index < -0.39 is 0 Å². The van der Waals surface area contributed by atoms with Crippen LogP contribution in [-0.2, 0) is 6.54 Å². The van der Waals surface area contributed by atoms with Crippen LogP contribution in [0.25, 0.3) is 10.9 Å². The molecule has 5 nitrogen and oxygen atoms in total. The molecule has 1 amide bonds. The lowest BCUT2D eigenvalue weighted by atomic mass is 10.0. The van der Waals surface area contributed by atoms with Gasteiger partial charge in [0, 0.05) is 12.1 Å². The summed E-state index contributed by atoms with van der Waals surface area (Å²) in [5.74, 6) is -0.182. The van der Waals surface area contributed by atoms with Gasteiger partial charge in [0.05, 0.1) is 16.9 Å². The Kier molecular flexibility index (Phi) is 6.21. The van der Waals surface area contributed by atoms with Crippen molar-refractivity contribution in [3.63, 3.8) is 0 Å². The van der Waals surface area contributed by atoms with Crippen LogP contribution in [-0.4, -0.2) is 15.5 Å². The molecule has 144 valence electrons. The summed E-state index contributed by atoms with van der Waals surface area (Å²) in [7, 11) is 0. The van der Waals surface area contributed by atoms with E-state index in [0.717, 1.165) is 18.4 Å². The molecule has 1 unspecified atom stereocenters. The Morgan fingerprint density at radius 2 is 2.04 bits per heavy atom. The van der Waals surface area contributed by atoms with Crippen molar-refractivity contribution in [3.8, 4) is 0 Å². The summed E-state index contributed by atoms with van der Waals surface area (Å²) in [5.41, 5.74) is 1.91. The predicted molar refractivity (Wildman–Crippen MR) is 115 cm³/mol. The number of hydrogen-bond acceptors (Lipinski definition) is 3. The van der Waals surface area contributed by atoms with Crippen LogP contribution in [0.5, 0.6) is 0 Å². The maximum Gasteiger partial charge on any atom is 0.262 e. The van der Waals surface area contributed by atoms with E-state index in [1.54, 1.807) is 24.3 Å². The van der Waals surface area contributed by atoms with Gasteiger partial charge in [0.25, 0.3) is 11.5 Å². The Hall–Kier alpha value is -2.99. The number of carbonyl (C=O) groups excluding carboxylic acids is 1. The number of aromatic nitrogens is 2. The minimum absolute atomic E-state index is 0.0616. The number of carbonyl (C=O) groups is 1. The van der Waals surface area contributed by atoms with E-state index in [4.69, 9.17) is 12.2 Å². The van der Waals surface area contributed by atoms with Gasteiger partial charge in [0.1, 0.15) is 0 Å². The second-order valence-corrected chi connectivity index (χ2v) is 7.01. The van der Waals surface area contributed by atoms with E-state index in [9.17, 15) is 9.59 Å². The summed E-state index contributed by atoms with van der Waals surface area (Å²) in [5, 5.41) is 3.59. The number of aromatic amines is 1. The largest absolute Gasteiger partial charge is 0.345 e. The van der Waals surface area contributed by atoms with Crippen LogP contribution >= 0.6 is 12.2 Å². The average molecular weight is 394 g/mol. The molecule has 3 aromatic rings. The summed E-state index contributed by atoms with van der Waals surface area (Å²) < 4.78 is 1.75. The zero-order valence-electron chi connectivity index (χ0n) is 15.8. The van der Waals surface area contributed by atoms with Crippen molar-refractivity contribution in [2.75, 3.05) is 0 Å². The topological polar surface area (TPSA) is 66.9 Å². The number of nitrogens with one attached hydrogen (secondary N) is 2. The standard InChI is InChI=1S/C22H23N3O2S/c1-3-8-18(15-9-6-5-7-10-15)23-20(26)16-11-12-17-19(14-16)24-22(28)25(13-4-2)21(17)27/h4-7,9-12,14,18H,2-3,8,13H2,1H3,(H,23,26)(H,24,28). The number of rotatable bonds is 7. The third-order valence-electron chi connectivity index (χ3n) is 4.64. The van der Waals surface area contributed by atoms with Crippen molar-refractivity contribution in [2.45, 2.75) is 32.4 Å². The van der Waals surface area contributed by atoms with Crippen LogP contribution in [0.15, 0.2) is 66.0 Å². The van der Waals surface area contributed by atoms with Crippen molar-refractivity contribution in [1.29, 1.82) is 0 Å². The summed E-state index contributed by atoms with van der Waals surface area (Å²) in [6.45, 7) is 6.08. The molecule has 28 heavy (non-hydrogen) atoms.